The Morgan fingerprint density at radius 2 is 2.31 bits per heavy atom. The third-order valence-electron chi connectivity index (χ3n) is 2.50. The van der Waals surface area contributed by atoms with Crippen molar-refractivity contribution in [2.75, 3.05) is 0 Å². The number of nitrogens with two attached hydrogens (primary N) is 1. The maximum atomic E-state index is 6.15. The van der Waals surface area contributed by atoms with Gasteiger partial charge in [0.2, 0.25) is 0 Å². The van der Waals surface area contributed by atoms with Crippen molar-refractivity contribution in [2.45, 2.75) is 19.4 Å². The van der Waals surface area contributed by atoms with Crippen molar-refractivity contribution in [1.82, 2.24) is 4.98 Å². The maximum absolute atomic E-state index is 6.15. The van der Waals surface area contributed by atoms with Gasteiger partial charge in [0.25, 0.3) is 0 Å². The number of halogens is 1. The normalized spacial score (nSPS) is 12.7. The van der Waals surface area contributed by atoms with E-state index in [9.17, 15) is 0 Å². The lowest BCUT2D eigenvalue weighted by molar-refractivity contribution is 0.717. The monoisotopic (exact) mass is 296 g/mol. The maximum Gasteiger partial charge on any atom is 0.0943 e. The van der Waals surface area contributed by atoms with Gasteiger partial charge in [0.1, 0.15) is 0 Å². The highest BCUT2D eigenvalue weighted by Gasteiger charge is 2.09. The summed E-state index contributed by atoms with van der Waals surface area (Å²) in [5, 5.41) is 3.07. The van der Waals surface area contributed by atoms with Crippen LogP contribution in [0.3, 0.4) is 0 Å². The second kappa shape index (κ2) is 5.08. The van der Waals surface area contributed by atoms with Crippen molar-refractivity contribution < 1.29 is 0 Å². The molecular formula is C12H13BrN2S. The highest BCUT2D eigenvalue weighted by atomic mass is 79.9. The third-order valence-corrected chi connectivity index (χ3v) is 4.16. The third kappa shape index (κ3) is 2.70. The molecule has 0 aliphatic rings. The van der Waals surface area contributed by atoms with Gasteiger partial charge in [-0.3, -0.25) is 0 Å². The Morgan fingerprint density at radius 3 is 2.94 bits per heavy atom. The number of thiazole rings is 1. The standard InChI is InChI=1S/C12H13BrN2S/c1-8-2-3-9(6-10(8)13)11(14)7-12-15-4-5-16-12/h2-6,11H,7,14H2,1H3. The smallest absolute Gasteiger partial charge is 0.0943 e. The van der Waals surface area contributed by atoms with E-state index in [0.29, 0.717) is 0 Å². The number of aromatic nitrogens is 1. The molecule has 2 aromatic rings. The van der Waals surface area contributed by atoms with Crippen molar-refractivity contribution in [3.8, 4) is 0 Å². The van der Waals surface area contributed by atoms with Gasteiger partial charge in [-0.15, -0.1) is 11.3 Å². The van der Waals surface area contributed by atoms with Gasteiger partial charge in [0, 0.05) is 28.5 Å². The van der Waals surface area contributed by atoms with Crippen LogP contribution in [-0.4, -0.2) is 4.98 Å². The van der Waals surface area contributed by atoms with Crippen LogP contribution >= 0.6 is 27.3 Å². The topological polar surface area (TPSA) is 38.9 Å². The van der Waals surface area contributed by atoms with Gasteiger partial charge in [-0.25, -0.2) is 4.98 Å². The van der Waals surface area contributed by atoms with E-state index in [1.54, 1.807) is 11.3 Å². The zero-order valence-corrected chi connectivity index (χ0v) is 11.4. The first kappa shape index (κ1) is 11.8. The lowest BCUT2D eigenvalue weighted by Gasteiger charge is -2.11. The first-order valence-electron chi connectivity index (χ1n) is 5.07. The molecule has 0 fully saturated rings. The molecule has 0 bridgehead atoms. The van der Waals surface area contributed by atoms with Crippen LogP contribution in [0.25, 0.3) is 0 Å². The van der Waals surface area contributed by atoms with E-state index in [0.717, 1.165) is 21.5 Å². The van der Waals surface area contributed by atoms with Crippen LogP contribution in [-0.2, 0) is 6.42 Å². The fourth-order valence-corrected chi connectivity index (χ4v) is 2.57. The largest absolute Gasteiger partial charge is 0.324 e. The van der Waals surface area contributed by atoms with Gasteiger partial charge in [0.15, 0.2) is 0 Å². The molecule has 0 spiro atoms. The molecule has 4 heteroatoms. The predicted octanol–water partition coefficient (Wildman–Crippen LogP) is 3.46. The minimum atomic E-state index is 0.0167. The summed E-state index contributed by atoms with van der Waals surface area (Å²) < 4.78 is 1.11. The first-order chi connectivity index (χ1) is 7.66. The van der Waals surface area contributed by atoms with Crippen molar-refractivity contribution in [1.29, 1.82) is 0 Å². The van der Waals surface area contributed by atoms with Crippen molar-refractivity contribution >= 4 is 27.3 Å². The molecule has 2 rings (SSSR count). The van der Waals surface area contributed by atoms with Crippen LogP contribution in [0.4, 0.5) is 0 Å². The molecule has 2 nitrogen and oxygen atoms in total. The lowest BCUT2D eigenvalue weighted by Crippen LogP contribution is -2.13. The molecule has 1 aromatic carbocycles. The summed E-state index contributed by atoms with van der Waals surface area (Å²) >= 11 is 5.17. The summed E-state index contributed by atoms with van der Waals surface area (Å²) in [5.74, 6) is 0. The summed E-state index contributed by atoms with van der Waals surface area (Å²) in [4.78, 5) is 4.25. The number of hydrogen-bond acceptors (Lipinski definition) is 3. The predicted molar refractivity (Wildman–Crippen MR) is 71.6 cm³/mol. The molecule has 0 aliphatic heterocycles. The van der Waals surface area contributed by atoms with Gasteiger partial charge < -0.3 is 5.73 Å². The van der Waals surface area contributed by atoms with Crippen molar-refractivity contribution in [3.05, 3.63) is 50.4 Å². The van der Waals surface area contributed by atoms with Gasteiger partial charge in [-0.1, -0.05) is 28.1 Å². The zero-order chi connectivity index (χ0) is 11.5. The van der Waals surface area contributed by atoms with Gasteiger partial charge >= 0.3 is 0 Å². The molecular weight excluding hydrogens is 284 g/mol. The van der Waals surface area contributed by atoms with Crippen molar-refractivity contribution in [2.24, 2.45) is 5.73 Å². The van der Waals surface area contributed by atoms with E-state index in [1.165, 1.54) is 5.56 Å². The summed E-state index contributed by atoms with van der Waals surface area (Å²) in [7, 11) is 0. The van der Waals surface area contributed by atoms with E-state index in [1.807, 2.05) is 11.6 Å². The first-order valence-corrected chi connectivity index (χ1v) is 6.74. The van der Waals surface area contributed by atoms with Gasteiger partial charge in [0.05, 0.1) is 5.01 Å². The summed E-state index contributed by atoms with van der Waals surface area (Å²) in [6, 6.07) is 6.27. The summed E-state index contributed by atoms with van der Waals surface area (Å²) in [5.41, 5.74) is 8.52. The summed E-state index contributed by atoms with van der Waals surface area (Å²) in [6.45, 7) is 2.07. The average Bonchev–Trinajstić information content (AvgIpc) is 2.74. The molecule has 1 aromatic heterocycles. The van der Waals surface area contributed by atoms with E-state index in [2.05, 4.69) is 46.0 Å². The van der Waals surface area contributed by atoms with Gasteiger partial charge in [-0.05, 0) is 24.1 Å². The molecule has 0 radical (unpaired) electrons. The molecule has 0 aliphatic carbocycles. The Hall–Kier alpha value is -0.710. The number of aryl methyl sites for hydroxylation is 1. The minimum absolute atomic E-state index is 0.0167. The van der Waals surface area contributed by atoms with Crippen LogP contribution < -0.4 is 5.73 Å². The SMILES string of the molecule is Cc1ccc(C(N)Cc2nccs2)cc1Br. The Balaban J connectivity index is 2.14. The molecule has 2 N–H and O–H groups in total. The van der Waals surface area contributed by atoms with E-state index in [4.69, 9.17) is 5.73 Å². The Bertz CT molecular complexity index is 468. The molecule has 16 heavy (non-hydrogen) atoms. The molecule has 84 valence electrons. The highest BCUT2D eigenvalue weighted by Crippen LogP contribution is 2.23. The summed E-state index contributed by atoms with van der Waals surface area (Å²) in [6.07, 6.45) is 2.62. The second-order valence-electron chi connectivity index (χ2n) is 3.75. The van der Waals surface area contributed by atoms with E-state index >= 15 is 0 Å². The molecule has 0 saturated heterocycles. The van der Waals surface area contributed by atoms with E-state index in [-0.39, 0.29) is 6.04 Å². The van der Waals surface area contributed by atoms with Crippen molar-refractivity contribution in [3.63, 3.8) is 0 Å². The van der Waals surface area contributed by atoms with Crippen LogP contribution in [0.15, 0.2) is 34.2 Å². The van der Waals surface area contributed by atoms with E-state index < -0.39 is 0 Å². The lowest BCUT2D eigenvalue weighted by atomic mass is 10.0. The minimum Gasteiger partial charge on any atom is -0.324 e. The fraction of sp³-hybridized carbons (Fsp3) is 0.250. The number of hydrogen-bond donors (Lipinski definition) is 1. The number of benzene rings is 1. The molecule has 1 unspecified atom stereocenters. The molecule has 0 amide bonds. The Labute approximate surface area is 108 Å². The van der Waals surface area contributed by atoms with Gasteiger partial charge in [-0.2, -0.15) is 0 Å². The van der Waals surface area contributed by atoms with Crippen LogP contribution in [0, 0.1) is 6.92 Å². The number of nitrogens with zero attached hydrogens (tertiary/aromatic N) is 1. The Morgan fingerprint density at radius 1 is 1.50 bits per heavy atom. The highest BCUT2D eigenvalue weighted by molar-refractivity contribution is 9.10. The Kier molecular flexibility index (Phi) is 3.74. The molecule has 1 atom stereocenters. The number of rotatable bonds is 3. The average molecular weight is 297 g/mol. The zero-order valence-electron chi connectivity index (χ0n) is 8.98. The second-order valence-corrected chi connectivity index (χ2v) is 5.58. The molecule has 1 heterocycles. The van der Waals surface area contributed by atoms with Crippen LogP contribution in [0.2, 0.25) is 0 Å². The van der Waals surface area contributed by atoms with Crippen LogP contribution in [0.5, 0.6) is 0 Å². The van der Waals surface area contributed by atoms with Crippen LogP contribution in [0.1, 0.15) is 22.2 Å². The quantitative estimate of drug-likeness (QED) is 0.942. The fourth-order valence-electron chi connectivity index (χ4n) is 1.50. The molecule has 0 saturated carbocycles.